The monoisotopic (exact) mass is 518 g/mol. The van der Waals surface area contributed by atoms with Gasteiger partial charge in [0.05, 0.1) is 4.90 Å². The number of likely N-dealkylation sites (tertiary alicyclic amines) is 1. The van der Waals surface area contributed by atoms with Crippen LogP contribution < -0.4 is 15.8 Å². The van der Waals surface area contributed by atoms with Crippen molar-refractivity contribution < 1.29 is 27.5 Å². The molecule has 1 heterocycles. The number of primary amides is 1. The fraction of sp³-hybridized carbons (Fsp3) is 0.480. The number of amides is 3. The SMILES string of the molecule is CC(C)(C)OC(=O)N1CCC(C(=O)NCCC(NS(=O)(=O)c2ccc3ccccc3c2)C(N)=O)CC1. The molecule has 196 valence electrons. The molecule has 0 radical (unpaired) electrons. The van der Waals surface area contributed by atoms with Crippen LogP contribution in [0.3, 0.4) is 0 Å². The third-order valence-electron chi connectivity index (χ3n) is 5.92. The van der Waals surface area contributed by atoms with E-state index >= 15 is 0 Å². The minimum Gasteiger partial charge on any atom is -0.444 e. The number of sulfonamides is 1. The number of rotatable bonds is 8. The second kappa shape index (κ2) is 11.3. The van der Waals surface area contributed by atoms with Crippen LogP contribution in [-0.2, 0) is 24.3 Å². The van der Waals surface area contributed by atoms with Crippen molar-refractivity contribution in [1.29, 1.82) is 0 Å². The Kier molecular flexibility index (Phi) is 8.57. The number of ether oxygens (including phenoxy) is 1. The van der Waals surface area contributed by atoms with Gasteiger partial charge < -0.3 is 20.7 Å². The molecular formula is C25H34N4O6S. The summed E-state index contributed by atoms with van der Waals surface area (Å²) in [7, 11) is -4.01. The van der Waals surface area contributed by atoms with Gasteiger partial charge in [-0.25, -0.2) is 13.2 Å². The molecule has 1 fully saturated rings. The Bertz CT molecular complexity index is 1220. The summed E-state index contributed by atoms with van der Waals surface area (Å²) in [5.41, 5.74) is 4.85. The summed E-state index contributed by atoms with van der Waals surface area (Å²) >= 11 is 0. The lowest BCUT2D eigenvalue weighted by atomic mass is 9.96. The largest absolute Gasteiger partial charge is 0.444 e. The molecule has 3 amide bonds. The van der Waals surface area contributed by atoms with Crippen LogP contribution in [0.1, 0.15) is 40.0 Å². The lowest BCUT2D eigenvalue weighted by Crippen LogP contribution is -2.47. The fourth-order valence-electron chi connectivity index (χ4n) is 3.98. The van der Waals surface area contributed by atoms with Gasteiger partial charge in [0.2, 0.25) is 21.8 Å². The molecule has 0 bridgehead atoms. The zero-order valence-corrected chi connectivity index (χ0v) is 21.6. The first-order valence-electron chi connectivity index (χ1n) is 11.9. The first kappa shape index (κ1) is 27.4. The van der Waals surface area contributed by atoms with E-state index in [1.54, 1.807) is 37.8 Å². The number of piperidine rings is 1. The van der Waals surface area contributed by atoms with E-state index in [9.17, 15) is 22.8 Å². The van der Waals surface area contributed by atoms with E-state index in [0.29, 0.717) is 25.9 Å². The second-order valence-electron chi connectivity index (χ2n) is 9.91. The van der Waals surface area contributed by atoms with E-state index in [1.807, 2.05) is 18.2 Å². The maximum atomic E-state index is 12.9. The second-order valence-corrected chi connectivity index (χ2v) is 11.6. The third kappa shape index (κ3) is 7.41. The lowest BCUT2D eigenvalue weighted by molar-refractivity contribution is -0.126. The van der Waals surface area contributed by atoms with Gasteiger partial charge in [0.1, 0.15) is 11.6 Å². The Morgan fingerprint density at radius 2 is 1.72 bits per heavy atom. The van der Waals surface area contributed by atoms with Crippen molar-refractivity contribution in [2.45, 2.75) is 56.6 Å². The molecule has 1 aliphatic rings. The number of carbonyl (C=O) groups excluding carboxylic acids is 3. The third-order valence-corrected chi connectivity index (χ3v) is 7.39. The summed E-state index contributed by atoms with van der Waals surface area (Å²) in [6.45, 7) is 6.27. The maximum Gasteiger partial charge on any atom is 0.410 e. The van der Waals surface area contributed by atoms with Gasteiger partial charge >= 0.3 is 6.09 Å². The zero-order valence-electron chi connectivity index (χ0n) is 20.8. The van der Waals surface area contributed by atoms with Crippen molar-refractivity contribution in [1.82, 2.24) is 14.9 Å². The summed E-state index contributed by atoms with van der Waals surface area (Å²) in [4.78, 5) is 38.3. The van der Waals surface area contributed by atoms with Gasteiger partial charge in [0.15, 0.2) is 0 Å². The molecule has 11 heteroatoms. The standard InChI is InChI=1S/C25H34N4O6S/c1-25(2,3)35-24(32)29-14-11-18(12-15-29)23(31)27-13-10-21(22(26)30)28-36(33,34)20-9-8-17-6-4-5-7-19(17)16-20/h4-9,16,18,21,28H,10-15H2,1-3H3,(H2,26,30)(H,27,31). The number of carbonyl (C=O) groups is 3. The molecular weight excluding hydrogens is 484 g/mol. The van der Waals surface area contributed by atoms with E-state index < -0.39 is 33.7 Å². The molecule has 0 aromatic heterocycles. The van der Waals surface area contributed by atoms with E-state index in [1.165, 1.54) is 12.1 Å². The van der Waals surface area contributed by atoms with E-state index in [2.05, 4.69) is 10.0 Å². The quantitative estimate of drug-likeness (QED) is 0.488. The van der Waals surface area contributed by atoms with Gasteiger partial charge in [-0.1, -0.05) is 30.3 Å². The molecule has 1 atom stereocenters. The van der Waals surface area contributed by atoms with Gasteiger partial charge in [-0.05, 0) is 62.9 Å². The molecule has 0 saturated carbocycles. The van der Waals surface area contributed by atoms with Gasteiger partial charge in [0.25, 0.3) is 0 Å². The molecule has 10 nitrogen and oxygen atoms in total. The number of hydrogen-bond donors (Lipinski definition) is 3. The number of nitrogens with zero attached hydrogens (tertiary/aromatic N) is 1. The highest BCUT2D eigenvalue weighted by molar-refractivity contribution is 7.89. The Hall–Kier alpha value is -3.18. The van der Waals surface area contributed by atoms with Crippen molar-refractivity contribution in [2.75, 3.05) is 19.6 Å². The smallest absolute Gasteiger partial charge is 0.410 e. The number of benzene rings is 2. The predicted octanol–water partition coefficient (Wildman–Crippen LogP) is 2.13. The normalized spacial score (nSPS) is 15.9. The van der Waals surface area contributed by atoms with Crippen LogP contribution in [0.5, 0.6) is 0 Å². The van der Waals surface area contributed by atoms with Crippen molar-refractivity contribution in [3.05, 3.63) is 42.5 Å². The summed E-state index contributed by atoms with van der Waals surface area (Å²) < 4.78 is 33.4. The lowest BCUT2D eigenvalue weighted by Gasteiger charge is -2.33. The summed E-state index contributed by atoms with van der Waals surface area (Å²) in [5, 5.41) is 4.40. The number of fused-ring (bicyclic) bond motifs is 1. The Morgan fingerprint density at radius 3 is 2.33 bits per heavy atom. The molecule has 1 unspecified atom stereocenters. The highest BCUT2D eigenvalue weighted by atomic mass is 32.2. The number of nitrogens with one attached hydrogen (secondary N) is 2. The van der Waals surface area contributed by atoms with Gasteiger partial charge in [-0.2, -0.15) is 4.72 Å². The van der Waals surface area contributed by atoms with Crippen molar-refractivity contribution >= 4 is 38.7 Å². The van der Waals surface area contributed by atoms with Crippen LogP contribution in [0, 0.1) is 5.92 Å². The van der Waals surface area contributed by atoms with Crippen LogP contribution in [0.2, 0.25) is 0 Å². The van der Waals surface area contributed by atoms with Crippen molar-refractivity contribution in [3.8, 4) is 0 Å². The minimum atomic E-state index is -4.01. The van der Waals surface area contributed by atoms with Crippen molar-refractivity contribution in [3.63, 3.8) is 0 Å². The Labute approximate surface area is 211 Å². The highest BCUT2D eigenvalue weighted by Gasteiger charge is 2.30. The molecule has 2 aromatic rings. The predicted molar refractivity (Wildman–Crippen MR) is 135 cm³/mol. The summed E-state index contributed by atoms with van der Waals surface area (Å²) in [5.74, 6) is -1.33. The molecule has 0 aliphatic carbocycles. The van der Waals surface area contributed by atoms with Crippen LogP contribution in [0.25, 0.3) is 10.8 Å². The van der Waals surface area contributed by atoms with E-state index in [0.717, 1.165) is 10.8 Å². The molecule has 36 heavy (non-hydrogen) atoms. The van der Waals surface area contributed by atoms with Crippen LogP contribution >= 0.6 is 0 Å². The average Bonchev–Trinajstić information content (AvgIpc) is 2.81. The van der Waals surface area contributed by atoms with Gasteiger partial charge in [0, 0.05) is 25.6 Å². The van der Waals surface area contributed by atoms with Crippen LogP contribution in [-0.4, -0.2) is 62.5 Å². The van der Waals surface area contributed by atoms with Gasteiger partial charge in [-0.15, -0.1) is 0 Å². The molecule has 1 aliphatic heterocycles. The topological polar surface area (TPSA) is 148 Å². The van der Waals surface area contributed by atoms with Crippen LogP contribution in [0.4, 0.5) is 4.79 Å². The fourth-order valence-corrected chi connectivity index (χ4v) is 5.26. The Balaban J connectivity index is 1.51. The molecule has 4 N–H and O–H groups in total. The number of hydrogen-bond acceptors (Lipinski definition) is 6. The van der Waals surface area contributed by atoms with E-state index in [4.69, 9.17) is 10.5 Å². The summed E-state index contributed by atoms with van der Waals surface area (Å²) in [6, 6.07) is 10.8. The molecule has 2 aromatic carbocycles. The van der Waals surface area contributed by atoms with Gasteiger partial charge in [-0.3, -0.25) is 9.59 Å². The first-order valence-corrected chi connectivity index (χ1v) is 13.4. The van der Waals surface area contributed by atoms with Crippen LogP contribution in [0.15, 0.2) is 47.4 Å². The van der Waals surface area contributed by atoms with E-state index in [-0.39, 0.29) is 29.7 Å². The molecule has 1 saturated heterocycles. The minimum absolute atomic E-state index is 0.00460. The molecule has 0 spiro atoms. The zero-order chi connectivity index (χ0) is 26.5. The average molecular weight is 519 g/mol. The summed E-state index contributed by atoms with van der Waals surface area (Å²) in [6.07, 6.45) is 0.576. The first-order chi connectivity index (χ1) is 16.9. The maximum absolute atomic E-state index is 12.9. The number of nitrogens with two attached hydrogens (primary N) is 1. The molecule has 3 rings (SSSR count). The van der Waals surface area contributed by atoms with Crippen molar-refractivity contribution in [2.24, 2.45) is 11.7 Å². The highest BCUT2D eigenvalue weighted by Crippen LogP contribution is 2.21. The Morgan fingerprint density at radius 1 is 1.08 bits per heavy atom.